The first-order valence-electron chi connectivity index (χ1n) is 9.85. The lowest BCUT2D eigenvalue weighted by atomic mass is 10.2. The molecular formula is C22H22ClN3O3S2. The number of aromatic nitrogens is 1. The summed E-state index contributed by atoms with van der Waals surface area (Å²) in [6.07, 6.45) is 0. The fourth-order valence-electron chi connectivity index (χ4n) is 3.45. The molecule has 0 spiro atoms. The quantitative estimate of drug-likeness (QED) is 0.566. The molecule has 0 saturated carbocycles. The highest BCUT2D eigenvalue weighted by atomic mass is 35.5. The van der Waals surface area contributed by atoms with Gasteiger partial charge in [-0.25, -0.2) is 13.4 Å². The van der Waals surface area contributed by atoms with Crippen LogP contribution in [-0.4, -0.2) is 54.7 Å². The molecule has 0 aliphatic carbocycles. The maximum Gasteiger partial charge on any atom is 0.265 e. The molecule has 2 aromatic carbocycles. The molecule has 1 fully saturated rings. The smallest absolute Gasteiger partial charge is 0.265 e. The lowest BCUT2D eigenvalue weighted by Crippen LogP contribution is -2.50. The molecule has 1 amide bonds. The molecule has 0 radical (unpaired) electrons. The normalized spacial score (nSPS) is 15.3. The number of sulfonamides is 1. The molecule has 1 aliphatic heterocycles. The third kappa shape index (κ3) is 4.52. The van der Waals surface area contributed by atoms with Crippen molar-refractivity contribution < 1.29 is 13.2 Å². The molecule has 2 heterocycles. The second-order valence-corrected chi connectivity index (χ2v) is 10.8. The van der Waals surface area contributed by atoms with Crippen LogP contribution in [0, 0.1) is 13.8 Å². The van der Waals surface area contributed by atoms with Gasteiger partial charge in [-0.1, -0.05) is 41.4 Å². The Kier molecular flexibility index (Phi) is 6.16. The van der Waals surface area contributed by atoms with Crippen molar-refractivity contribution in [3.05, 3.63) is 69.7 Å². The van der Waals surface area contributed by atoms with Gasteiger partial charge in [0.15, 0.2) is 0 Å². The monoisotopic (exact) mass is 475 g/mol. The topological polar surface area (TPSA) is 70.6 Å². The predicted octanol–water partition coefficient (Wildman–Crippen LogP) is 4.23. The Morgan fingerprint density at radius 2 is 1.58 bits per heavy atom. The number of hydrogen-bond donors (Lipinski definition) is 0. The number of piperazine rings is 1. The van der Waals surface area contributed by atoms with Gasteiger partial charge in [-0.15, -0.1) is 11.3 Å². The molecule has 9 heteroatoms. The summed E-state index contributed by atoms with van der Waals surface area (Å²) in [6, 6.07) is 14.2. The maximum atomic E-state index is 13.1. The third-order valence-electron chi connectivity index (χ3n) is 5.27. The van der Waals surface area contributed by atoms with E-state index in [1.165, 1.54) is 15.6 Å². The van der Waals surface area contributed by atoms with Crippen molar-refractivity contribution in [2.45, 2.75) is 18.7 Å². The van der Waals surface area contributed by atoms with Gasteiger partial charge in [0.25, 0.3) is 5.91 Å². The second kappa shape index (κ2) is 8.70. The van der Waals surface area contributed by atoms with Crippen molar-refractivity contribution in [3.63, 3.8) is 0 Å². The van der Waals surface area contributed by atoms with Crippen molar-refractivity contribution in [1.82, 2.24) is 14.2 Å². The first kappa shape index (κ1) is 22.0. The Morgan fingerprint density at radius 3 is 2.19 bits per heavy atom. The highest BCUT2D eigenvalue weighted by molar-refractivity contribution is 7.89. The van der Waals surface area contributed by atoms with Gasteiger partial charge in [-0.3, -0.25) is 4.79 Å². The SMILES string of the molecule is Cc1ccc(S(=O)(=O)N2CCN(C(=O)c3sc(-c4ccc(Cl)cc4)nc3C)CC2)cc1. The van der Waals surface area contributed by atoms with E-state index in [4.69, 9.17) is 11.6 Å². The molecule has 0 N–H and O–H groups in total. The van der Waals surface area contributed by atoms with Gasteiger partial charge >= 0.3 is 0 Å². The summed E-state index contributed by atoms with van der Waals surface area (Å²) in [6.45, 7) is 4.96. The average Bonchev–Trinajstić information content (AvgIpc) is 3.15. The van der Waals surface area contributed by atoms with Crippen LogP contribution in [0.25, 0.3) is 10.6 Å². The van der Waals surface area contributed by atoms with Gasteiger partial charge < -0.3 is 4.90 Å². The summed E-state index contributed by atoms with van der Waals surface area (Å²) < 4.78 is 27.2. The van der Waals surface area contributed by atoms with Gasteiger partial charge in [-0.2, -0.15) is 4.31 Å². The van der Waals surface area contributed by atoms with Crippen LogP contribution in [0.1, 0.15) is 20.9 Å². The number of carbonyl (C=O) groups excluding carboxylic acids is 1. The van der Waals surface area contributed by atoms with Crippen molar-refractivity contribution >= 4 is 38.9 Å². The Morgan fingerprint density at radius 1 is 0.968 bits per heavy atom. The first-order valence-corrected chi connectivity index (χ1v) is 12.5. The molecule has 4 rings (SSSR count). The van der Waals surface area contributed by atoms with Crippen LogP contribution in [0.4, 0.5) is 0 Å². The van der Waals surface area contributed by atoms with Gasteiger partial charge in [-0.05, 0) is 38.1 Å². The van der Waals surface area contributed by atoms with E-state index in [0.717, 1.165) is 16.1 Å². The van der Waals surface area contributed by atoms with E-state index in [0.29, 0.717) is 28.7 Å². The lowest BCUT2D eigenvalue weighted by molar-refractivity contribution is 0.0702. The zero-order chi connectivity index (χ0) is 22.2. The lowest BCUT2D eigenvalue weighted by Gasteiger charge is -2.33. The molecule has 0 unspecified atom stereocenters. The highest BCUT2D eigenvalue weighted by Gasteiger charge is 2.31. The van der Waals surface area contributed by atoms with Crippen LogP contribution in [-0.2, 0) is 10.0 Å². The maximum absolute atomic E-state index is 13.1. The van der Waals surface area contributed by atoms with E-state index in [-0.39, 0.29) is 23.9 Å². The van der Waals surface area contributed by atoms with E-state index in [2.05, 4.69) is 4.98 Å². The number of hydrogen-bond acceptors (Lipinski definition) is 5. The van der Waals surface area contributed by atoms with Crippen LogP contribution in [0.3, 0.4) is 0 Å². The van der Waals surface area contributed by atoms with E-state index < -0.39 is 10.0 Å². The number of rotatable bonds is 4. The molecule has 3 aromatic rings. The minimum absolute atomic E-state index is 0.109. The van der Waals surface area contributed by atoms with Crippen molar-refractivity contribution in [2.75, 3.05) is 26.2 Å². The standard InChI is InChI=1S/C22H22ClN3O3S2/c1-15-3-9-19(10-4-15)31(28,29)26-13-11-25(12-14-26)22(27)20-16(2)24-21(30-20)17-5-7-18(23)8-6-17/h3-10H,11-14H2,1-2H3. The van der Waals surface area contributed by atoms with Gasteiger partial charge in [0.2, 0.25) is 10.0 Å². The minimum Gasteiger partial charge on any atom is -0.335 e. The molecular weight excluding hydrogens is 454 g/mol. The van der Waals surface area contributed by atoms with E-state index in [1.807, 2.05) is 26.0 Å². The van der Waals surface area contributed by atoms with E-state index in [1.54, 1.807) is 41.3 Å². The summed E-state index contributed by atoms with van der Waals surface area (Å²) in [5.41, 5.74) is 2.59. The summed E-state index contributed by atoms with van der Waals surface area (Å²) in [5.74, 6) is -0.109. The highest BCUT2D eigenvalue weighted by Crippen LogP contribution is 2.30. The summed E-state index contributed by atoms with van der Waals surface area (Å²) in [4.78, 5) is 20.2. The molecule has 162 valence electrons. The Labute approximate surface area is 191 Å². The number of amides is 1. The van der Waals surface area contributed by atoms with Crippen molar-refractivity contribution in [1.29, 1.82) is 0 Å². The zero-order valence-corrected chi connectivity index (χ0v) is 19.6. The molecule has 6 nitrogen and oxygen atoms in total. The van der Waals surface area contributed by atoms with Gasteiger partial charge in [0, 0.05) is 36.8 Å². The summed E-state index contributed by atoms with van der Waals surface area (Å²) in [5, 5.41) is 1.41. The minimum atomic E-state index is -3.56. The largest absolute Gasteiger partial charge is 0.335 e. The van der Waals surface area contributed by atoms with Crippen LogP contribution in [0.15, 0.2) is 53.4 Å². The summed E-state index contributed by atoms with van der Waals surface area (Å²) >= 11 is 7.30. The molecule has 0 atom stereocenters. The fourth-order valence-corrected chi connectivity index (χ4v) is 6.03. The fraction of sp³-hybridized carbons (Fsp3) is 0.273. The van der Waals surface area contributed by atoms with E-state index in [9.17, 15) is 13.2 Å². The number of halogens is 1. The number of nitrogens with zero attached hydrogens (tertiary/aromatic N) is 3. The molecule has 1 aromatic heterocycles. The number of thiazole rings is 1. The second-order valence-electron chi connectivity index (χ2n) is 7.45. The van der Waals surface area contributed by atoms with Crippen LogP contribution >= 0.6 is 22.9 Å². The van der Waals surface area contributed by atoms with Crippen LogP contribution < -0.4 is 0 Å². The van der Waals surface area contributed by atoms with Crippen LogP contribution in [0.5, 0.6) is 0 Å². The summed E-state index contributed by atoms with van der Waals surface area (Å²) in [7, 11) is -3.56. The molecule has 31 heavy (non-hydrogen) atoms. The van der Waals surface area contributed by atoms with Gasteiger partial charge in [0.1, 0.15) is 9.88 Å². The average molecular weight is 476 g/mol. The van der Waals surface area contributed by atoms with E-state index >= 15 is 0 Å². The molecule has 0 bridgehead atoms. The van der Waals surface area contributed by atoms with Crippen LogP contribution in [0.2, 0.25) is 5.02 Å². The Balaban J connectivity index is 1.46. The Hall–Kier alpha value is -2.26. The number of benzene rings is 2. The molecule has 1 aliphatic rings. The number of aryl methyl sites for hydroxylation is 2. The van der Waals surface area contributed by atoms with Crippen molar-refractivity contribution in [2.24, 2.45) is 0 Å². The van der Waals surface area contributed by atoms with Crippen molar-refractivity contribution in [3.8, 4) is 10.6 Å². The van der Waals surface area contributed by atoms with Gasteiger partial charge in [0.05, 0.1) is 10.6 Å². The molecule has 1 saturated heterocycles. The zero-order valence-electron chi connectivity index (χ0n) is 17.2. The Bertz CT molecular complexity index is 1200. The predicted molar refractivity (Wildman–Crippen MR) is 123 cm³/mol. The third-order valence-corrected chi connectivity index (χ3v) is 8.63. The first-order chi connectivity index (χ1) is 14.8. The number of carbonyl (C=O) groups is 1.